The van der Waals surface area contributed by atoms with E-state index in [-0.39, 0.29) is 11.7 Å². The van der Waals surface area contributed by atoms with Crippen molar-refractivity contribution in [2.75, 3.05) is 19.8 Å². The standard InChI is InChI=1S/C29H29N3O4/c1-3-35-23-15-14-20(18-24(23)36-4-2)28-25-26(21-12-8-9-13-22(21)33)30-31-27(25)29(34)32(28)17-16-19-10-6-5-7-11-19/h5-15,18,28,33H,3-4,16-17H2,1-2H3,(H,30,31)/t28-/m1/s1. The van der Waals surface area contributed by atoms with Crippen molar-refractivity contribution in [3.8, 4) is 28.5 Å². The zero-order chi connectivity index (χ0) is 25.1. The lowest BCUT2D eigenvalue weighted by Crippen LogP contribution is -2.31. The van der Waals surface area contributed by atoms with E-state index >= 15 is 0 Å². The van der Waals surface area contributed by atoms with Crippen molar-refractivity contribution in [1.29, 1.82) is 0 Å². The van der Waals surface area contributed by atoms with E-state index in [0.29, 0.717) is 54.6 Å². The van der Waals surface area contributed by atoms with Gasteiger partial charge in [0.15, 0.2) is 11.5 Å². The molecule has 0 saturated carbocycles. The van der Waals surface area contributed by atoms with Crippen LogP contribution in [0.1, 0.15) is 47.1 Å². The summed E-state index contributed by atoms with van der Waals surface area (Å²) in [6.07, 6.45) is 0.710. The third kappa shape index (κ3) is 4.28. The predicted molar refractivity (Wildman–Crippen MR) is 137 cm³/mol. The third-order valence-corrected chi connectivity index (χ3v) is 6.39. The van der Waals surface area contributed by atoms with Crippen LogP contribution in [0.2, 0.25) is 0 Å². The molecule has 36 heavy (non-hydrogen) atoms. The number of hydrogen-bond acceptors (Lipinski definition) is 5. The van der Waals surface area contributed by atoms with Crippen LogP contribution in [0.15, 0.2) is 72.8 Å². The number of nitrogens with zero attached hydrogens (tertiary/aromatic N) is 2. The fraction of sp³-hybridized carbons (Fsp3) is 0.241. The molecule has 0 fully saturated rings. The Bertz CT molecular complexity index is 1370. The molecular weight excluding hydrogens is 454 g/mol. The summed E-state index contributed by atoms with van der Waals surface area (Å²) in [5.74, 6) is 1.29. The number of rotatable bonds is 9. The van der Waals surface area contributed by atoms with Gasteiger partial charge in [0, 0.05) is 17.7 Å². The number of para-hydroxylation sites is 1. The van der Waals surface area contributed by atoms with Crippen LogP contribution in [-0.2, 0) is 6.42 Å². The van der Waals surface area contributed by atoms with Crippen molar-refractivity contribution in [3.63, 3.8) is 0 Å². The Labute approximate surface area is 210 Å². The van der Waals surface area contributed by atoms with E-state index in [1.165, 1.54) is 0 Å². The Morgan fingerprint density at radius 2 is 1.67 bits per heavy atom. The molecule has 0 bridgehead atoms. The summed E-state index contributed by atoms with van der Waals surface area (Å²) in [5.41, 5.74) is 4.38. The highest BCUT2D eigenvalue weighted by Crippen LogP contribution is 2.45. The third-order valence-electron chi connectivity index (χ3n) is 6.39. The molecule has 0 saturated heterocycles. The maximum Gasteiger partial charge on any atom is 0.273 e. The van der Waals surface area contributed by atoms with Crippen molar-refractivity contribution < 1.29 is 19.4 Å². The van der Waals surface area contributed by atoms with Crippen molar-refractivity contribution >= 4 is 5.91 Å². The minimum Gasteiger partial charge on any atom is -0.507 e. The first kappa shape index (κ1) is 23.5. The number of aromatic hydroxyl groups is 1. The Balaban J connectivity index is 1.61. The summed E-state index contributed by atoms with van der Waals surface area (Å²) in [7, 11) is 0. The van der Waals surface area contributed by atoms with E-state index in [1.54, 1.807) is 12.1 Å². The maximum absolute atomic E-state index is 13.6. The highest BCUT2D eigenvalue weighted by atomic mass is 16.5. The van der Waals surface area contributed by atoms with Crippen LogP contribution >= 0.6 is 0 Å². The number of hydrogen-bond donors (Lipinski definition) is 2. The van der Waals surface area contributed by atoms with Gasteiger partial charge < -0.3 is 19.5 Å². The number of phenols is 1. The number of aromatic nitrogens is 2. The molecule has 1 aromatic heterocycles. The SMILES string of the molecule is CCOc1ccc([C@@H]2c3c(-c4ccccc4O)n[nH]c3C(=O)N2CCc2ccccc2)cc1OCC. The molecule has 1 amide bonds. The number of carbonyl (C=O) groups is 1. The Morgan fingerprint density at radius 1 is 0.944 bits per heavy atom. The number of benzene rings is 3. The van der Waals surface area contributed by atoms with Crippen molar-refractivity contribution in [2.24, 2.45) is 0 Å². The fourth-order valence-corrected chi connectivity index (χ4v) is 4.79. The van der Waals surface area contributed by atoms with Crippen LogP contribution in [0.3, 0.4) is 0 Å². The van der Waals surface area contributed by atoms with Gasteiger partial charge in [-0.25, -0.2) is 0 Å². The molecule has 3 aromatic carbocycles. The zero-order valence-electron chi connectivity index (χ0n) is 20.4. The number of ether oxygens (including phenoxy) is 2. The highest BCUT2D eigenvalue weighted by Gasteiger charge is 2.42. The molecule has 5 rings (SSSR count). The number of nitrogens with one attached hydrogen (secondary N) is 1. The minimum atomic E-state index is -0.403. The number of amides is 1. The molecular formula is C29H29N3O4. The van der Waals surface area contributed by atoms with E-state index < -0.39 is 6.04 Å². The van der Waals surface area contributed by atoms with Crippen LogP contribution in [-0.4, -0.2) is 45.9 Å². The molecule has 1 aliphatic rings. The van der Waals surface area contributed by atoms with Gasteiger partial charge in [0.25, 0.3) is 5.91 Å². The average molecular weight is 484 g/mol. The van der Waals surface area contributed by atoms with Crippen molar-refractivity contribution in [2.45, 2.75) is 26.3 Å². The topological polar surface area (TPSA) is 87.7 Å². The van der Waals surface area contributed by atoms with Crippen LogP contribution in [0.25, 0.3) is 11.3 Å². The summed E-state index contributed by atoms with van der Waals surface area (Å²) in [4.78, 5) is 15.5. The normalized spacial score (nSPS) is 14.7. The van der Waals surface area contributed by atoms with Gasteiger partial charge >= 0.3 is 0 Å². The van der Waals surface area contributed by atoms with Crippen molar-refractivity contribution in [1.82, 2.24) is 15.1 Å². The lowest BCUT2D eigenvalue weighted by Gasteiger charge is -2.27. The second kappa shape index (κ2) is 10.2. The first-order valence-corrected chi connectivity index (χ1v) is 12.2. The quantitative estimate of drug-likeness (QED) is 0.334. The van der Waals surface area contributed by atoms with Crippen LogP contribution in [0.4, 0.5) is 0 Å². The molecule has 0 radical (unpaired) electrons. The van der Waals surface area contributed by atoms with Gasteiger partial charge in [-0.1, -0.05) is 48.5 Å². The summed E-state index contributed by atoms with van der Waals surface area (Å²) in [5, 5.41) is 18.0. The Hall–Kier alpha value is -4.26. The number of phenolic OH excluding ortho intramolecular Hbond substituents is 1. The largest absolute Gasteiger partial charge is 0.507 e. The van der Waals surface area contributed by atoms with E-state index in [9.17, 15) is 9.90 Å². The first-order valence-electron chi connectivity index (χ1n) is 12.2. The maximum atomic E-state index is 13.6. The van der Waals surface area contributed by atoms with Gasteiger partial charge in [0.2, 0.25) is 0 Å². The Kier molecular flexibility index (Phi) is 6.62. The van der Waals surface area contributed by atoms with Gasteiger partial charge in [0.05, 0.1) is 19.3 Å². The van der Waals surface area contributed by atoms with E-state index in [1.807, 2.05) is 67.3 Å². The van der Waals surface area contributed by atoms with Crippen LogP contribution in [0, 0.1) is 0 Å². The molecule has 1 atom stereocenters. The Morgan fingerprint density at radius 3 is 2.42 bits per heavy atom. The molecule has 0 unspecified atom stereocenters. The van der Waals surface area contributed by atoms with E-state index in [0.717, 1.165) is 16.7 Å². The molecule has 1 aliphatic heterocycles. The lowest BCUT2D eigenvalue weighted by molar-refractivity contribution is 0.0745. The monoisotopic (exact) mass is 483 g/mol. The van der Waals surface area contributed by atoms with E-state index in [2.05, 4.69) is 22.3 Å². The predicted octanol–water partition coefficient (Wildman–Crippen LogP) is 5.37. The number of aromatic amines is 1. The second-order valence-electron chi connectivity index (χ2n) is 8.59. The van der Waals surface area contributed by atoms with Gasteiger partial charge in [-0.3, -0.25) is 9.89 Å². The molecule has 7 heteroatoms. The molecule has 7 nitrogen and oxygen atoms in total. The fourth-order valence-electron chi connectivity index (χ4n) is 4.79. The number of carbonyl (C=O) groups excluding carboxylic acids is 1. The molecule has 4 aromatic rings. The smallest absolute Gasteiger partial charge is 0.273 e. The molecule has 184 valence electrons. The zero-order valence-corrected chi connectivity index (χ0v) is 20.4. The van der Waals surface area contributed by atoms with Crippen LogP contribution in [0.5, 0.6) is 17.2 Å². The molecule has 2 heterocycles. The van der Waals surface area contributed by atoms with Gasteiger partial charge in [0.1, 0.15) is 17.1 Å². The summed E-state index contributed by atoms with van der Waals surface area (Å²) < 4.78 is 11.7. The molecule has 2 N–H and O–H groups in total. The molecule has 0 spiro atoms. The average Bonchev–Trinajstić information content (AvgIpc) is 3.44. The molecule has 0 aliphatic carbocycles. The minimum absolute atomic E-state index is 0.113. The first-order chi connectivity index (χ1) is 17.6. The van der Waals surface area contributed by atoms with Gasteiger partial charge in [-0.2, -0.15) is 5.10 Å². The second-order valence-corrected chi connectivity index (χ2v) is 8.59. The summed E-state index contributed by atoms with van der Waals surface area (Å²) >= 11 is 0. The van der Waals surface area contributed by atoms with Crippen LogP contribution < -0.4 is 9.47 Å². The summed E-state index contributed by atoms with van der Waals surface area (Å²) in [6.45, 7) is 5.39. The van der Waals surface area contributed by atoms with E-state index in [4.69, 9.17) is 9.47 Å². The lowest BCUT2D eigenvalue weighted by atomic mass is 9.95. The summed E-state index contributed by atoms with van der Waals surface area (Å²) in [6, 6.07) is 22.6. The van der Waals surface area contributed by atoms with Gasteiger partial charge in [-0.15, -0.1) is 0 Å². The highest BCUT2D eigenvalue weighted by molar-refractivity contribution is 6.00. The van der Waals surface area contributed by atoms with Crippen molar-refractivity contribution in [3.05, 3.63) is 95.2 Å². The number of fused-ring (bicyclic) bond motifs is 1. The van der Waals surface area contributed by atoms with Gasteiger partial charge in [-0.05, 0) is 55.7 Å². The number of H-pyrrole nitrogens is 1.